The molecule has 3 rings (SSSR count). The molecule has 6 heteroatoms. The summed E-state index contributed by atoms with van der Waals surface area (Å²) in [5.74, 6) is 0.191. The first-order chi connectivity index (χ1) is 12.6. The maximum absolute atomic E-state index is 12.4. The maximum atomic E-state index is 12.4. The average Bonchev–Trinajstić information content (AvgIpc) is 2.67. The number of ether oxygens (including phenoxy) is 2. The third-order valence-corrected chi connectivity index (χ3v) is 4.62. The van der Waals surface area contributed by atoms with Crippen molar-refractivity contribution >= 4 is 23.5 Å². The Bertz CT molecular complexity index is 804. The molecule has 0 aliphatic carbocycles. The summed E-state index contributed by atoms with van der Waals surface area (Å²) in [5.41, 5.74) is 2.51. The number of methoxy groups -OCH3 is 1. The summed E-state index contributed by atoms with van der Waals surface area (Å²) >= 11 is 6.01. The molecule has 1 amide bonds. The molecule has 1 aliphatic heterocycles. The van der Waals surface area contributed by atoms with Crippen molar-refractivity contribution in [1.29, 1.82) is 0 Å². The number of nitrogens with one attached hydrogen (secondary N) is 1. The van der Waals surface area contributed by atoms with Gasteiger partial charge in [0.05, 0.1) is 18.6 Å². The minimum Gasteiger partial charge on any atom is -0.492 e. The fraction of sp³-hybridized carbons (Fsp3) is 0.300. The lowest BCUT2D eigenvalue weighted by Gasteiger charge is -2.24. The zero-order chi connectivity index (χ0) is 18.5. The van der Waals surface area contributed by atoms with E-state index in [1.165, 1.54) is 7.11 Å². The molecule has 0 saturated carbocycles. The SMILES string of the molecule is COC(=O)c1ccc(CCNC(=O)[C@H]2COc3ccc(Cl)cc3C2)cc1. The standard InChI is InChI=1S/C20H20ClNO4/c1-25-20(24)14-4-2-13(3-5-14)8-9-22-19(23)16-10-15-11-17(21)6-7-18(15)26-12-16/h2-7,11,16H,8-10,12H2,1H3,(H,22,23)/t16-/m1/s1. The smallest absolute Gasteiger partial charge is 0.337 e. The molecule has 0 bridgehead atoms. The summed E-state index contributed by atoms with van der Waals surface area (Å²) in [6, 6.07) is 12.6. The molecule has 1 atom stereocenters. The van der Waals surface area contributed by atoms with Gasteiger partial charge in [-0.2, -0.15) is 0 Å². The van der Waals surface area contributed by atoms with E-state index in [4.69, 9.17) is 16.3 Å². The molecular formula is C20H20ClNO4. The number of benzene rings is 2. The van der Waals surface area contributed by atoms with E-state index in [2.05, 4.69) is 10.1 Å². The van der Waals surface area contributed by atoms with Gasteiger partial charge >= 0.3 is 5.97 Å². The lowest BCUT2D eigenvalue weighted by Crippen LogP contribution is -2.38. The van der Waals surface area contributed by atoms with Crippen molar-refractivity contribution in [3.63, 3.8) is 0 Å². The summed E-state index contributed by atoms with van der Waals surface area (Å²) in [4.78, 5) is 23.8. The highest BCUT2D eigenvalue weighted by Crippen LogP contribution is 2.29. The van der Waals surface area contributed by atoms with E-state index < -0.39 is 0 Å². The van der Waals surface area contributed by atoms with Crippen LogP contribution in [0.25, 0.3) is 0 Å². The fourth-order valence-electron chi connectivity index (χ4n) is 2.93. The number of fused-ring (bicyclic) bond motifs is 1. The number of amides is 1. The van der Waals surface area contributed by atoms with Crippen molar-refractivity contribution in [2.45, 2.75) is 12.8 Å². The van der Waals surface area contributed by atoms with Gasteiger partial charge in [-0.15, -0.1) is 0 Å². The van der Waals surface area contributed by atoms with Crippen LogP contribution in [0.4, 0.5) is 0 Å². The Morgan fingerprint density at radius 2 is 2.00 bits per heavy atom. The van der Waals surface area contributed by atoms with Gasteiger partial charge in [0.2, 0.25) is 5.91 Å². The quantitative estimate of drug-likeness (QED) is 0.818. The highest BCUT2D eigenvalue weighted by Gasteiger charge is 2.25. The van der Waals surface area contributed by atoms with Crippen molar-refractivity contribution in [2.75, 3.05) is 20.3 Å². The maximum Gasteiger partial charge on any atom is 0.337 e. The van der Waals surface area contributed by atoms with Gasteiger partial charge in [0, 0.05) is 11.6 Å². The predicted molar refractivity (Wildman–Crippen MR) is 98.6 cm³/mol. The molecule has 0 radical (unpaired) electrons. The number of rotatable bonds is 5. The molecule has 1 aliphatic rings. The van der Waals surface area contributed by atoms with Gasteiger partial charge in [-0.05, 0) is 54.3 Å². The Hall–Kier alpha value is -2.53. The minimum absolute atomic E-state index is 0.0261. The van der Waals surface area contributed by atoms with Crippen molar-refractivity contribution in [3.05, 3.63) is 64.2 Å². The van der Waals surface area contributed by atoms with Crippen molar-refractivity contribution in [3.8, 4) is 5.75 Å². The first-order valence-corrected chi connectivity index (χ1v) is 8.81. The Kier molecular flexibility index (Phi) is 5.78. The summed E-state index contributed by atoms with van der Waals surface area (Å²) in [7, 11) is 1.35. The first kappa shape index (κ1) is 18.3. The molecule has 0 spiro atoms. The van der Waals surface area contributed by atoms with Crippen LogP contribution in [0.5, 0.6) is 5.75 Å². The van der Waals surface area contributed by atoms with E-state index in [1.54, 1.807) is 18.2 Å². The fourth-order valence-corrected chi connectivity index (χ4v) is 3.13. The third kappa shape index (κ3) is 4.35. The summed E-state index contributed by atoms with van der Waals surface area (Å²) in [5, 5.41) is 3.59. The number of halogens is 1. The van der Waals surface area contributed by atoms with Gasteiger partial charge in [0.15, 0.2) is 0 Å². The topological polar surface area (TPSA) is 64.6 Å². The molecule has 2 aromatic carbocycles. The molecule has 1 N–H and O–H groups in total. The van der Waals surface area contributed by atoms with Crippen molar-refractivity contribution < 1.29 is 19.1 Å². The lowest BCUT2D eigenvalue weighted by atomic mass is 9.96. The number of carbonyl (C=O) groups is 2. The Morgan fingerprint density at radius 3 is 2.73 bits per heavy atom. The minimum atomic E-state index is -0.359. The molecule has 0 aromatic heterocycles. The number of esters is 1. The van der Waals surface area contributed by atoms with Crippen molar-refractivity contribution in [1.82, 2.24) is 5.32 Å². The molecule has 0 saturated heterocycles. The van der Waals surface area contributed by atoms with E-state index in [0.29, 0.717) is 36.6 Å². The second-order valence-electron chi connectivity index (χ2n) is 6.19. The van der Waals surface area contributed by atoms with Crippen LogP contribution in [-0.2, 0) is 22.4 Å². The average molecular weight is 374 g/mol. The number of hydrogen-bond donors (Lipinski definition) is 1. The van der Waals surface area contributed by atoms with Gasteiger partial charge in [-0.1, -0.05) is 23.7 Å². The van der Waals surface area contributed by atoms with Crippen LogP contribution >= 0.6 is 11.6 Å². The van der Waals surface area contributed by atoms with Crippen LogP contribution in [0.2, 0.25) is 5.02 Å². The van der Waals surface area contributed by atoms with Crippen LogP contribution in [-0.4, -0.2) is 32.1 Å². The van der Waals surface area contributed by atoms with Crippen LogP contribution in [0.1, 0.15) is 21.5 Å². The Morgan fingerprint density at radius 1 is 1.23 bits per heavy atom. The molecule has 1 heterocycles. The molecule has 5 nitrogen and oxygen atoms in total. The van der Waals surface area contributed by atoms with E-state index in [9.17, 15) is 9.59 Å². The highest BCUT2D eigenvalue weighted by molar-refractivity contribution is 6.30. The van der Waals surface area contributed by atoms with Gasteiger partial charge in [-0.25, -0.2) is 4.79 Å². The lowest BCUT2D eigenvalue weighted by molar-refractivity contribution is -0.126. The largest absolute Gasteiger partial charge is 0.492 e. The zero-order valence-electron chi connectivity index (χ0n) is 14.5. The summed E-state index contributed by atoms with van der Waals surface area (Å²) in [6.07, 6.45) is 1.30. The van der Waals surface area contributed by atoms with Crippen LogP contribution in [0.15, 0.2) is 42.5 Å². The summed E-state index contributed by atoms with van der Waals surface area (Å²) in [6.45, 7) is 0.892. The molecule has 136 valence electrons. The van der Waals surface area contributed by atoms with Gasteiger partial charge in [0.1, 0.15) is 12.4 Å². The van der Waals surface area contributed by atoms with Gasteiger partial charge in [-0.3, -0.25) is 4.79 Å². The molecular weight excluding hydrogens is 354 g/mol. The molecule has 0 unspecified atom stereocenters. The predicted octanol–water partition coefficient (Wildman–Crippen LogP) is 3.04. The van der Waals surface area contributed by atoms with E-state index in [0.717, 1.165) is 16.9 Å². The second kappa shape index (κ2) is 8.23. The molecule has 2 aromatic rings. The zero-order valence-corrected chi connectivity index (χ0v) is 15.2. The van der Waals surface area contributed by atoms with Gasteiger partial charge in [0.25, 0.3) is 0 Å². The van der Waals surface area contributed by atoms with E-state index >= 15 is 0 Å². The monoisotopic (exact) mass is 373 g/mol. The van der Waals surface area contributed by atoms with Gasteiger partial charge < -0.3 is 14.8 Å². The first-order valence-electron chi connectivity index (χ1n) is 8.43. The van der Waals surface area contributed by atoms with Crippen LogP contribution < -0.4 is 10.1 Å². The Labute approximate surface area is 157 Å². The normalized spacial score (nSPS) is 15.5. The van der Waals surface area contributed by atoms with E-state index in [1.807, 2.05) is 24.3 Å². The number of hydrogen-bond acceptors (Lipinski definition) is 4. The number of carbonyl (C=O) groups excluding carboxylic acids is 2. The van der Waals surface area contributed by atoms with Crippen LogP contribution in [0.3, 0.4) is 0 Å². The Balaban J connectivity index is 1.49. The summed E-state index contributed by atoms with van der Waals surface area (Å²) < 4.78 is 10.3. The third-order valence-electron chi connectivity index (χ3n) is 4.39. The van der Waals surface area contributed by atoms with Crippen LogP contribution in [0, 0.1) is 5.92 Å². The second-order valence-corrected chi connectivity index (χ2v) is 6.63. The molecule has 26 heavy (non-hydrogen) atoms. The van der Waals surface area contributed by atoms with E-state index in [-0.39, 0.29) is 17.8 Å². The highest BCUT2D eigenvalue weighted by atomic mass is 35.5. The van der Waals surface area contributed by atoms with Crippen molar-refractivity contribution in [2.24, 2.45) is 5.92 Å². The molecule has 0 fully saturated rings.